The lowest BCUT2D eigenvalue weighted by molar-refractivity contribution is 0.0940. The fraction of sp³-hybridized carbons (Fsp3) is 0.188. The van der Waals surface area contributed by atoms with Crippen LogP contribution in [0.4, 0.5) is 0 Å². The molecular formula is C16H15Cl2NO. The van der Waals surface area contributed by atoms with E-state index in [1.54, 1.807) is 12.1 Å². The Bertz CT molecular complexity index is 596. The maximum Gasteiger partial charge on any atom is 0.251 e. The summed E-state index contributed by atoms with van der Waals surface area (Å²) in [7, 11) is 0. The van der Waals surface area contributed by atoms with Crippen molar-refractivity contribution in [3.8, 4) is 0 Å². The molecule has 0 spiro atoms. The van der Waals surface area contributed by atoms with E-state index in [1.165, 1.54) is 0 Å². The number of hydrogen-bond donors (Lipinski definition) is 1. The highest BCUT2D eigenvalue weighted by atomic mass is 35.5. The van der Waals surface area contributed by atoms with Gasteiger partial charge in [0, 0.05) is 16.5 Å². The minimum atomic E-state index is -0.112. The number of alkyl halides is 1. The lowest BCUT2D eigenvalue weighted by atomic mass is 10.1. The predicted molar refractivity (Wildman–Crippen MR) is 83.3 cm³/mol. The summed E-state index contributed by atoms with van der Waals surface area (Å²) in [5.74, 6) is 0.333. The number of benzene rings is 2. The third-order valence-electron chi connectivity index (χ3n) is 3.07. The largest absolute Gasteiger partial charge is 0.346 e. The Kier molecular flexibility index (Phi) is 5.05. The first kappa shape index (κ1) is 14.9. The van der Waals surface area contributed by atoms with Crippen LogP contribution in [0.15, 0.2) is 48.5 Å². The van der Waals surface area contributed by atoms with Gasteiger partial charge in [0.2, 0.25) is 0 Å². The molecule has 1 amide bonds. The average Bonchev–Trinajstić information content (AvgIpc) is 2.47. The summed E-state index contributed by atoms with van der Waals surface area (Å²) in [4.78, 5) is 12.1. The quantitative estimate of drug-likeness (QED) is 0.824. The molecule has 2 aromatic carbocycles. The van der Waals surface area contributed by atoms with E-state index in [9.17, 15) is 4.79 Å². The van der Waals surface area contributed by atoms with Crippen LogP contribution in [0.3, 0.4) is 0 Å². The van der Waals surface area contributed by atoms with E-state index in [0.29, 0.717) is 16.5 Å². The average molecular weight is 308 g/mol. The van der Waals surface area contributed by atoms with Crippen LogP contribution in [0.5, 0.6) is 0 Å². The van der Waals surface area contributed by atoms with Crippen molar-refractivity contribution in [2.24, 2.45) is 0 Å². The van der Waals surface area contributed by atoms with Crippen LogP contribution in [0.25, 0.3) is 0 Å². The highest BCUT2D eigenvalue weighted by Crippen LogP contribution is 2.18. The van der Waals surface area contributed by atoms with E-state index < -0.39 is 0 Å². The van der Waals surface area contributed by atoms with E-state index >= 15 is 0 Å². The molecule has 0 saturated carbocycles. The summed E-state index contributed by atoms with van der Waals surface area (Å²) in [5, 5.41) is 3.61. The Morgan fingerprint density at radius 2 is 1.90 bits per heavy atom. The molecule has 2 aromatic rings. The Balaban J connectivity index is 2.06. The molecule has 4 heteroatoms. The number of carbonyl (C=O) groups is 1. The van der Waals surface area contributed by atoms with Gasteiger partial charge in [0.15, 0.2) is 0 Å². The summed E-state index contributed by atoms with van der Waals surface area (Å²) in [6.45, 7) is 1.93. The monoisotopic (exact) mass is 307 g/mol. The fourth-order valence-corrected chi connectivity index (χ4v) is 2.26. The van der Waals surface area contributed by atoms with Crippen LogP contribution in [0.2, 0.25) is 5.02 Å². The number of carbonyl (C=O) groups excluding carboxylic acids is 1. The van der Waals surface area contributed by atoms with Crippen molar-refractivity contribution in [3.63, 3.8) is 0 Å². The van der Waals surface area contributed by atoms with Crippen molar-refractivity contribution in [1.29, 1.82) is 0 Å². The zero-order chi connectivity index (χ0) is 14.5. The molecule has 0 aliphatic rings. The van der Waals surface area contributed by atoms with Crippen molar-refractivity contribution in [1.82, 2.24) is 5.32 Å². The van der Waals surface area contributed by atoms with Crippen LogP contribution in [-0.4, -0.2) is 5.91 Å². The first-order valence-electron chi connectivity index (χ1n) is 6.31. The van der Waals surface area contributed by atoms with Gasteiger partial charge in [-0.25, -0.2) is 0 Å². The van der Waals surface area contributed by atoms with Gasteiger partial charge in [0.05, 0.1) is 6.04 Å². The molecule has 0 aliphatic carbocycles. The molecule has 1 atom stereocenters. The molecule has 0 aliphatic heterocycles. The van der Waals surface area contributed by atoms with Crippen LogP contribution >= 0.6 is 23.2 Å². The second-order valence-corrected chi connectivity index (χ2v) is 5.28. The second-order valence-electron chi connectivity index (χ2n) is 4.58. The van der Waals surface area contributed by atoms with Gasteiger partial charge in [-0.2, -0.15) is 0 Å². The molecule has 0 bridgehead atoms. The first-order chi connectivity index (χ1) is 9.60. The Labute approximate surface area is 128 Å². The van der Waals surface area contributed by atoms with Crippen molar-refractivity contribution < 1.29 is 4.79 Å². The lowest BCUT2D eigenvalue weighted by Gasteiger charge is -2.14. The number of amides is 1. The molecule has 2 nitrogen and oxygen atoms in total. The third kappa shape index (κ3) is 3.75. The zero-order valence-electron chi connectivity index (χ0n) is 11.1. The minimum absolute atomic E-state index is 0.103. The van der Waals surface area contributed by atoms with Gasteiger partial charge in [0.25, 0.3) is 5.91 Å². The normalized spacial score (nSPS) is 11.9. The molecule has 2 rings (SSSR count). The van der Waals surface area contributed by atoms with E-state index in [-0.39, 0.29) is 11.9 Å². The summed E-state index contributed by atoms with van der Waals surface area (Å²) in [6, 6.07) is 14.6. The standard InChI is InChI=1S/C16H15Cl2NO/c1-11(14-3-2-4-15(18)9-14)19-16(20)13-7-5-12(10-17)6-8-13/h2-9,11H,10H2,1H3,(H,19,20). The molecule has 0 saturated heterocycles. The van der Waals surface area contributed by atoms with Gasteiger partial charge in [-0.05, 0) is 42.3 Å². The van der Waals surface area contributed by atoms with Crippen LogP contribution in [0.1, 0.15) is 34.5 Å². The van der Waals surface area contributed by atoms with E-state index in [1.807, 2.05) is 43.3 Å². The number of halogens is 2. The van der Waals surface area contributed by atoms with E-state index in [0.717, 1.165) is 11.1 Å². The number of nitrogens with one attached hydrogen (secondary N) is 1. The Hall–Kier alpha value is -1.51. The molecule has 0 radical (unpaired) electrons. The molecule has 1 N–H and O–H groups in total. The fourth-order valence-electron chi connectivity index (χ4n) is 1.88. The van der Waals surface area contributed by atoms with Crippen molar-refractivity contribution in [3.05, 3.63) is 70.2 Å². The molecule has 0 fully saturated rings. The van der Waals surface area contributed by atoms with Gasteiger partial charge in [0.1, 0.15) is 0 Å². The van der Waals surface area contributed by atoms with Crippen LogP contribution < -0.4 is 5.32 Å². The van der Waals surface area contributed by atoms with E-state index in [2.05, 4.69) is 5.32 Å². The Morgan fingerprint density at radius 1 is 1.20 bits per heavy atom. The Morgan fingerprint density at radius 3 is 2.50 bits per heavy atom. The molecular weight excluding hydrogens is 293 g/mol. The van der Waals surface area contributed by atoms with Gasteiger partial charge in [-0.1, -0.05) is 35.9 Å². The van der Waals surface area contributed by atoms with Crippen molar-refractivity contribution >= 4 is 29.1 Å². The molecule has 0 aromatic heterocycles. The highest BCUT2D eigenvalue weighted by molar-refractivity contribution is 6.30. The summed E-state index contributed by atoms with van der Waals surface area (Å²) >= 11 is 11.7. The molecule has 1 unspecified atom stereocenters. The summed E-state index contributed by atoms with van der Waals surface area (Å²) in [6.07, 6.45) is 0. The first-order valence-corrected chi connectivity index (χ1v) is 7.22. The smallest absolute Gasteiger partial charge is 0.251 e. The van der Waals surface area contributed by atoms with Crippen molar-refractivity contribution in [2.45, 2.75) is 18.8 Å². The second kappa shape index (κ2) is 6.78. The number of rotatable bonds is 4. The minimum Gasteiger partial charge on any atom is -0.346 e. The topological polar surface area (TPSA) is 29.1 Å². The highest BCUT2D eigenvalue weighted by Gasteiger charge is 2.11. The van der Waals surface area contributed by atoms with Crippen LogP contribution in [0, 0.1) is 0 Å². The SMILES string of the molecule is CC(NC(=O)c1ccc(CCl)cc1)c1cccc(Cl)c1. The molecule has 0 heterocycles. The predicted octanol–water partition coefficient (Wildman–Crippen LogP) is 4.57. The van der Waals surface area contributed by atoms with Gasteiger partial charge >= 0.3 is 0 Å². The van der Waals surface area contributed by atoms with Crippen molar-refractivity contribution in [2.75, 3.05) is 0 Å². The maximum atomic E-state index is 12.1. The lowest BCUT2D eigenvalue weighted by Crippen LogP contribution is -2.26. The summed E-state index contributed by atoms with van der Waals surface area (Å²) < 4.78 is 0. The maximum absolute atomic E-state index is 12.1. The van der Waals surface area contributed by atoms with Gasteiger partial charge in [-0.15, -0.1) is 11.6 Å². The zero-order valence-corrected chi connectivity index (χ0v) is 12.6. The molecule has 20 heavy (non-hydrogen) atoms. The number of hydrogen-bond acceptors (Lipinski definition) is 1. The van der Waals surface area contributed by atoms with Gasteiger partial charge < -0.3 is 5.32 Å². The molecule has 104 valence electrons. The van der Waals surface area contributed by atoms with Gasteiger partial charge in [-0.3, -0.25) is 4.79 Å². The summed E-state index contributed by atoms with van der Waals surface area (Å²) in [5.41, 5.74) is 2.59. The third-order valence-corrected chi connectivity index (χ3v) is 3.61. The van der Waals surface area contributed by atoms with Crippen LogP contribution in [-0.2, 0) is 5.88 Å². The van der Waals surface area contributed by atoms with E-state index in [4.69, 9.17) is 23.2 Å².